The second-order valence-corrected chi connectivity index (χ2v) is 5.82. The monoisotopic (exact) mass is 319 g/mol. The first-order valence-electron chi connectivity index (χ1n) is 7.63. The van der Waals surface area contributed by atoms with E-state index in [0.717, 1.165) is 16.0 Å². The maximum Gasteiger partial charge on any atom is 0.324 e. The second-order valence-electron chi connectivity index (χ2n) is 5.82. The summed E-state index contributed by atoms with van der Waals surface area (Å²) in [5, 5.41) is 2.55. The molecule has 0 bridgehead atoms. The first kappa shape index (κ1) is 15.5. The summed E-state index contributed by atoms with van der Waals surface area (Å²) >= 11 is 0. The highest BCUT2D eigenvalue weighted by molar-refractivity contribution is 6.00. The first-order valence-corrected chi connectivity index (χ1v) is 7.63. The summed E-state index contributed by atoms with van der Waals surface area (Å²) in [6, 6.07) is 3.78. The molecule has 0 aliphatic carbocycles. The van der Waals surface area contributed by atoms with Crippen LogP contribution < -0.4 is 5.32 Å². The lowest BCUT2D eigenvalue weighted by molar-refractivity contribution is -0.140. The van der Waals surface area contributed by atoms with Crippen LogP contribution in [0.25, 0.3) is 0 Å². The van der Waals surface area contributed by atoms with Crippen LogP contribution in [0.4, 0.5) is 9.18 Å². The van der Waals surface area contributed by atoms with Crippen molar-refractivity contribution in [3.63, 3.8) is 0 Å². The molecule has 2 heterocycles. The van der Waals surface area contributed by atoms with Gasteiger partial charge in [0, 0.05) is 19.5 Å². The number of hydrogen-bond acceptors (Lipinski definition) is 3. The van der Waals surface area contributed by atoms with Crippen LogP contribution in [-0.2, 0) is 16.0 Å². The van der Waals surface area contributed by atoms with Gasteiger partial charge in [0.1, 0.15) is 12.4 Å². The zero-order valence-corrected chi connectivity index (χ0v) is 12.8. The number of carbonyl (C=O) groups is 3. The molecule has 1 atom stereocenters. The zero-order valence-electron chi connectivity index (χ0n) is 12.8. The number of fused-ring (bicyclic) bond motifs is 1. The minimum Gasteiger partial charge on any atom is -0.337 e. The molecule has 4 amide bonds. The summed E-state index contributed by atoms with van der Waals surface area (Å²) in [6.07, 6.45) is 0.828. The molecule has 1 unspecified atom stereocenters. The fourth-order valence-electron chi connectivity index (χ4n) is 3.13. The lowest BCUT2D eigenvalue weighted by atomic mass is 9.93. The van der Waals surface area contributed by atoms with Crippen molar-refractivity contribution < 1.29 is 18.8 Å². The van der Waals surface area contributed by atoms with Gasteiger partial charge >= 0.3 is 6.03 Å². The Morgan fingerprint density at radius 2 is 2.13 bits per heavy atom. The topological polar surface area (TPSA) is 69.7 Å². The second kappa shape index (κ2) is 5.98. The molecule has 2 aliphatic heterocycles. The highest BCUT2D eigenvalue weighted by Gasteiger charge is 2.33. The molecule has 1 aromatic rings. The van der Waals surface area contributed by atoms with E-state index < -0.39 is 6.03 Å². The van der Waals surface area contributed by atoms with Gasteiger partial charge in [-0.15, -0.1) is 0 Å². The van der Waals surface area contributed by atoms with E-state index in [1.165, 1.54) is 12.1 Å². The normalized spacial score (nSPS) is 21.0. The van der Waals surface area contributed by atoms with Crippen LogP contribution in [-0.4, -0.2) is 47.3 Å². The van der Waals surface area contributed by atoms with Gasteiger partial charge in [-0.2, -0.15) is 0 Å². The van der Waals surface area contributed by atoms with E-state index in [1.807, 2.05) is 6.92 Å². The van der Waals surface area contributed by atoms with Crippen molar-refractivity contribution in [2.45, 2.75) is 25.8 Å². The number of benzene rings is 1. The molecular weight excluding hydrogens is 301 g/mol. The lowest BCUT2D eigenvalue weighted by Gasteiger charge is -2.36. The molecule has 1 fully saturated rings. The molecule has 0 spiro atoms. The average Bonchev–Trinajstić information content (AvgIpc) is 2.52. The average molecular weight is 319 g/mol. The van der Waals surface area contributed by atoms with Crippen LogP contribution in [0.3, 0.4) is 0 Å². The standard InChI is InChI=1S/C16H18FN3O3/c1-10-13-8-12(17)3-2-11(13)5-7-19(10)15(22)9-20-14(21)4-6-18-16(20)23/h2-3,8,10H,4-7,9H2,1H3,(H,18,23). The van der Waals surface area contributed by atoms with Crippen molar-refractivity contribution in [2.75, 3.05) is 19.6 Å². The van der Waals surface area contributed by atoms with Gasteiger partial charge in [-0.3, -0.25) is 14.5 Å². The highest BCUT2D eigenvalue weighted by atomic mass is 19.1. The van der Waals surface area contributed by atoms with Crippen molar-refractivity contribution in [3.8, 4) is 0 Å². The number of carbonyl (C=O) groups excluding carboxylic acids is 3. The summed E-state index contributed by atoms with van der Waals surface area (Å²) in [6.45, 7) is 2.34. The van der Waals surface area contributed by atoms with Crippen LogP contribution in [0, 0.1) is 5.82 Å². The number of imide groups is 1. The Morgan fingerprint density at radius 1 is 1.35 bits per heavy atom. The summed E-state index contributed by atoms with van der Waals surface area (Å²) in [5.41, 5.74) is 1.80. The Bertz CT molecular complexity index is 661. The van der Waals surface area contributed by atoms with Crippen molar-refractivity contribution in [2.24, 2.45) is 0 Å². The minimum atomic E-state index is -0.536. The van der Waals surface area contributed by atoms with Gasteiger partial charge in [-0.1, -0.05) is 6.07 Å². The van der Waals surface area contributed by atoms with Gasteiger partial charge in [0.2, 0.25) is 11.8 Å². The number of rotatable bonds is 2. The molecule has 0 radical (unpaired) electrons. The van der Waals surface area contributed by atoms with Crippen molar-refractivity contribution in [1.82, 2.24) is 15.1 Å². The molecule has 3 rings (SSSR count). The summed E-state index contributed by atoms with van der Waals surface area (Å²) in [5.74, 6) is -0.994. The number of amides is 4. The Morgan fingerprint density at radius 3 is 2.87 bits per heavy atom. The third kappa shape index (κ3) is 2.91. The number of nitrogens with zero attached hydrogens (tertiary/aromatic N) is 2. The molecule has 2 aliphatic rings. The smallest absolute Gasteiger partial charge is 0.324 e. The number of nitrogens with one attached hydrogen (secondary N) is 1. The Hall–Kier alpha value is -2.44. The largest absolute Gasteiger partial charge is 0.337 e. The van der Waals surface area contributed by atoms with E-state index in [1.54, 1.807) is 11.0 Å². The molecule has 122 valence electrons. The molecule has 23 heavy (non-hydrogen) atoms. The van der Waals surface area contributed by atoms with E-state index in [0.29, 0.717) is 19.5 Å². The zero-order chi connectivity index (χ0) is 16.6. The van der Waals surface area contributed by atoms with Gasteiger partial charge < -0.3 is 10.2 Å². The van der Waals surface area contributed by atoms with Crippen LogP contribution in [0.2, 0.25) is 0 Å². The van der Waals surface area contributed by atoms with Crippen LogP contribution in [0.1, 0.15) is 30.5 Å². The summed E-state index contributed by atoms with van der Waals surface area (Å²) in [4.78, 5) is 38.6. The van der Waals surface area contributed by atoms with Gasteiger partial charge in [0.15, 0.2) is 0 Å². The number of halogens is 1. The maximum absolute atomic E-state index is 13.5. The lowest BCUT2D eigenvalue weighted by Crippen LogP contribution is -2.54. The molecule has 1 N–H and O–H groups in total. The molecule has 7 heteroatoms. The third-order valence-corrected chi connectivity index (χ3v) is 4.42. The minimum absolute atomic E-state index is 0.197. The van der Waals surface area contributed by atoms with Gasteiger partial charge in [-0.05, 0) is 36.6 Å². The van der Waals surface area contributed by atoms with Crippen molar-refractivity contribution in [3.05, 3.63) is 35.1 Å². The predicted octanol–water partition coefficient (Wildman–Crippen LogP) is 1.21. The van der Waals surface area contributed by atoms with E-state index in [-0.39, 0.29) is 36.6 Å². The molecule has 0 aromatic heterocycles. The van der Waals surface area contributed by atoms with Gasteiger partial charge in [0.25, 0.3) is 0 Å². The van der Waals surface area contributed by atoms with Crippen molar-refractivity contribution in [1.29, 1.82) is 0 Å². The fourth-order valence-corrected chi connectivity index (χ4v) is 3.13. The van der Waals surface area contributed by atoms with E-state index in [4.69, 9.17) is 0 Å². The maximum atomic E-state index is 13.5. The van der Waals surface area contributed by atoms with Crippen LogP contribution in [0.15, 0.2) is 18.2 Å². The molecule has 1 saturated heterocycles. The van der Waals surface area contributed by atoms with Crippen molar-refractivity contribution >= 4 is 17.8 Å². The predicted molar refractivity (Wildman–Crippen MR) is 80.0 cm³/mol. The fraction of sp³-hybridized carbons (Fsp3) is 0.438. The Labute approximate surface area is 133 Å². The highest BCUT2D eigenvalue weighted by Crippen LogP contribution is 2.30. The van der Waals surface area contributed by atoms with Crippen LogP contribution >= 0.6 is 0 Å². The number of urea groups is 1. The van der Waals surface area contributed by atoms with Crippen LogP contribution in [0.5, 0.6) is 0 Å². The summed E-state index contributed by atoms with van der Waals surface area (Å²) in [7, 11) is 0. The summed E-state index contributed by atoms with van der Waals surface area (Å²) < 4.78 is 13.5. The number of hydrogen-bond donors (Lipinski definition) is 1. The molecule has 6 nitrogen and oxygen atoms in total. The molecule has 1 aromatic carbocycles. The quantitative estimate of drug-likeness (QED) is 0.891. The Balaban J connectivity index is 1.75. The van der Waals surface area contributed by atoms with Gasteiger partial charge in [-0.25, -0.2) is 9.18 Å². The van der Waals surface area contributed by atoms with E-state index in [2.05, 4.69) is 5.32 Å². The SMILES string of the molecule is CC1c2cc(F)ccc2CCN1C(=O)CN1C(=O)CCNC1=O. The third-order valence-electron chi connectivity index (χ3n) is 4.42. The molecule has 0 saturated carbocycles. The first-order chi connectivity index (χ1) is 11.0. The van der Waals surface area contributed by atoms with Gasteiger partial charge in [0.05, 0.1) is 6.04 Å². The Kier molecular flexibility index (Phi) is 4.02. The van der Waals surface area contributed by atoms with E-state index >= 15 is 0 Å². The molecular formula is C16H18FN3O3. The van der Waals surface area contributed by atoms with E-state index in [9.17, 15) is 18.8 Å².